The lowest BCUT2D eigenvalue weighted by Gasteiger charge is -2.34. The second-order valence-corrected chi connectivity index (χ2v) is 6.40. The SMILES string of the molecule is CC(C)CN(C(C)C)C(C)CCCNC1CC1. The van der Waals surface area contributed by atoms with Crippen LogP contribution in [0.15, 0.2) is 0 Å². The Morgan fingerprint density at radius 1 is 1.12 bits per heavy atom. The summed E-state index contributed by atoms with van der Waals surface area (Å²) in [6, 6.07) is 2.25. The maximum Gasteiger partial charge on any atom is 0.00702 e. The van der Waals surface area contributed by atoms with Crippen molar-refractivity contribution < 1.29 is 0 Å². The van der Waals surface area contributed by atoms with Crippen LogP contribution in [0.2, 0.25) is 0 Å². The van der Waals surface area contributed by atoms with Crippen LogP contribution in [0.25, 0.3) is 0 Å². The van der Waals surface area contributed by atoms with Gasteiger partial charge in [0.1, 0.15) is 0 Å². The third-order valence-corrected chi connectivity index (χ3v) is 3.61. The predicted octanol–water partition coefficient (Wildman–Crippen LogP) is 3.27. The van der Waals surface area contributed by atoms with E-state index >= 15 is 0 Å². The number of hydrogen-bond acceptors (Lipinski definition) is 2. The molecule has 102 valence electrons. The lowest BCUT2D eigenvalue weighted by molar-refractivity contribution is 0.136. The van der Waals surface area contributed by atoms with Crippen molar-refractivity contribution in [3.05, 3.63) is 0 Å². The summed E-state index contributed by atoms with van der Waals surface area (Å²) < 4.78 is 0. The first-order valence-corrected chi connectivity index (χ1v) is 7.49. The number of nitrogens with one attached hydrogen (secondary N) is 1. The van der Waals surface area contributed by atoms with Crippen LogP contribution in [-0.2, 0) is 0 Å². The zero-order valence-corrected chi connectivity index (χ0v) is 12.5. The van der Waals surface area contributed by atoms with Gasteiger partial charge in [-0.1, -0.05) is 13.8 Å². The van der Waals surface area contributed by atoms with E-state index in [9.17, 15) is 0 Å². The van der Waals surface area contributed by atoms with Gasteiger partial charge in [-0.15, -0.1) is 0 Å². The highest BCUT2D eigenvalue weighted by Crippen LogP contribution is 2.19. The third kappa shape index (κ3) is 6.42. The number of rotatable bonds is 9. The van der Waals surface area contributed by atoms with Gasteiger partial charge < -0.3 is 5.32 Å². The van der Waals surface area contributed by atoms with Gasteiger partial charge in [0.25, 0.3) is 0 Å². The van der Waals surface area contributed by atoms with Gasteiger partial charge in [0.05, 0.1) is 0 Å². The normalized spacial score (nSPS) is 18.4. The molecule has 2 heteroatoms. The Morgan fingerprint density at radius 3 is 2.24 bits per heavy atom. The van der Waals surface area contributed by atoms with E-state index in [0.717, 1.165) is 18.0 Å². The van der Waals surface area contributed by atoms with Gasteiger partial charge in [-0.05, 0) is 58.9 Å². The molecule has 17 heavy (non-hydrogen) atoms. The highest BCUT2D eigenvalue weighted by Gasteiger charge is 2.21. The standard InChI is InChI=1S/C15H32N2/c1-12(2)11-17(13(3)4)14(5)7-6-10-16-15-8-9-15/h12-16H,6-11H2,1-5H3. The molecule has 1 atom stereocenters. The molecule has 0 aliphatic heterocycles. The first-order chi connectivity index (χ1) is 8.00. The maximum atomic E-state index is 3.60. The van der Waals surface area contributed by atoms with Crippen molar-refractivity contribution in [1.82, 2.24) is 10.2 Å². The summed E-state index contributed by atoms with van der Waals surface area (Å²) in [6.45, 7) is 14.1. The molecule has 0 aromatic carbocycles. The van der Waals surface area contributed by atoms with Crippen LogP contribution in [0.4, 0.5) is 0 Å². The molecule has 0 saturated heterocycles. The van der Waals surface area contributed by atoms with Crippen molar-refractivity contribution >= 4 is 0 Å². The summed E-state index contributed by atoms with van der Waals surface area (Å²) >= 11 is 0. The molecule has 1 rings (SSSR count). The van der Waals surface area contributed by atoms with Crippen LogP contribution in [0.1, 0.15) is 60.3 Å². The van der Waals surface area contributed by atoms with E-state index in [0.29, 0.717) is 6.04 Å². The van der Waals surface area contributed by atoms with E-state index in [2.05, 4.69) is 44.8 Å². The Morgan fingerprint density at radius 2 is 1.76 bits per heavy atom. The molecule has 0 aromatic rings. The fourth-order valence-electron chi connectivity index (χ4n) is 2.48. The summed E-state index contributed by atoms with van der Waals surface area (Å²) in [4.78, 5) is 2.65. The minimum atomic E-state index is 0.670. The quantitative estimate of drug-likeness (QED) is 0.622. The Kier molecular flexibility index (Phi) is 6.50. The molecule has 0 bridgehead atoms. The highest BCUT2D eigenvalue weighted by molar-refractivity contribution is 4.81. The first kappa shape index (κ1) is 15.0. The summed E-state index contributed by atoms with van der Waals surface area (Å²) in [7, 11) is 0. The van der Waals surface area contributed by atoms with Crippen molar-refractivity contribution in [3.63, 3.8) is 0 Å². The maximum absolute atomic E-state index is 3.60. The van der Waals surface area contributed by atoms with Crippen LogP contribution in [-0.4, -0.2) is 36.1 Å². The Bertz CT molecular complexity index is 197. The molecule has 1 aliphatic carbocycles. The average molecular weight is 240 g/mol. The molecule has 2 nitrogen and oxygen atoms in total. The Balaban J connectivity index is 2.17. The summed E-state index contributed by atoms with van der Waals surface area (Å²) in [5.74, 6) is 0.768. The second kappa shape index (κ2) is 7.38. The van der Waals surface area contributed by atoms with Gasteiger partial charge in [-0.3, -0.25) is 4.90 Å². The highest BCUT2D eigenvalue weighted by atomic mass is 15.2. The van der Waals surface area contributed by atoms with Gasteiger partial charge >= 0.3 is 0 Å². The second-order valence-electron chi connectivity index (χ2n) is 6.40. The first-order valence-electron chi connectivity index (χ1n) is 7.49. The van der Waals surface area contributed by atoms with Crippen LogP contribution >= 0.6 is 0 Å². The Labute approximate surface area is 108 Å². The number of hydrogen-bond donors (Lipinski definition) is 1. The van der Waals surface area contributed by atoms with E-state index in [-0.39, 0.29) is 0 Å². The predicted molar refractivity (Wildman–Crippen MR) is 76.4 cm³/mol. The van der Waals surface area contributed by atoms with Crippen molar-refractivity contribution in [2.45, 2.75) is 78.4 Å². The molecule has 0 spiro atoms. The van der Waals surface area contributed by atoms with Gasteiger partial charge in [0.15, 0.2) is 0 Å². The lowest BCUT2D eigenvalue weighted by atomic mass is 10.1. The van der Waals surface area contributed by atoms with Gasteiger partial charge in [0.2, 0.25) is 0 Å². The molecule has 0 heterocycles. The number of nitrogens with zero attached hydrogens (tertiary/aromatic N) is 1. The van der Waals surface area contributed by atoms with Gasteiger partial charge in [-0.25, -0.2) is 0 Å². The lowest BCUT2D eigenvalue weighted by Crippen LogP contribution is -2.41. The van der Waals surface area contributed by atoms with E-state index < -0.39 is 0 Å². The van der Waals surface area contributed by atoms with Gasteiger partial charge in [-0.2, -0.15) is 0 Å². The Hall–Kier alpha value is -0.0800. The monoisotopic (exact) mass is 240 g/mol. The topological polar surface area (TPSA) is 15.3 Å². The third-order valence-electron chi connectivity index (χ3n) is 3.61. The molecule has 0 amide bonds. The fourth-order valence-corrected chi connectivity index (χ4v) is 2.48. The van der Waals surface area contributed by atoms with Gasteiger partial charge in [0, 0.05) is 24.7 Å². The molecule has 1 fully saturated rings. The molecule has 0 radical (unpaired) electrons. The van der Waals surface area contributed by atoms with Crippen LogP contribution in [0.3, 0.4) is 0 Å². The molecule has 0 aromatic heterocycles. The van der Waals surface area contributed by atoms with Crippen LogP contribution in [0, 0.1) is 5.92 Å². The van der Waals surface area contributed by atoms with Crippen molar-refractivity contribution in [2.24, 2.45) is 5.92 Å². The molecular weight excluding hydrogens is 208 g/mol. The summed E-state index contributed by atoms with van der Waals surface area (Å²) in [5, 5.41) is 3.60. The molecule has 1 unspecified atom stereocenters. The van der Waals surface area contributed by atoms with Crippen molar-refractivity contribution in [1.29, 1.82) is 0 Å². The minimum Gasteiger partial charge on any atom is -0.314 e. The van der Waals surface area contributed by atoms with Crippen molar-refractivity contribution in [2.75, 3.05) is 13.1 Å². The minimum absolute atomic E-state index is 0.670. The van der Waals surface area contributed by atoms with E-state index in [4.69, 9.17) is 0 Å². The van der Waals surface area contributed by atoms with E-state index in [1.807, 2.05) is 0 Å². The van der Waals surface area contributed by atoms with Crippen LogP contribution < -0.4 is 5.32 Å². The molecule has 1 saturated carbocycles. The van der Waals surface area contributed by atoms with E-state index in [1.54, 1.807) is 0 Å². The fraction of sp³-hybridized carbons (Fsp3) is 1.00. The van der Waals surface area contributed by atoms with Crippen molar-refractivity contribution in [3.8, 4) is 0 Å². The molecule has 1 aliphatic rings. The summed E-state index contributed by atoms with van der Waals surface area (Å²) in [5.41, 5.74) is 0. The summed E-state index contributed by atoms with van der Waals surface area (Å²) in [6.07, 6.45) is 5.45. The van der Waals surface area contributed by atoms with E-state index in [1.165, 1.54) is 38.8 Å². The zero-order valence-electron chi connectivity index (χ0n) is 12.5. The largest absolute Gasteiger partial charge is 0.314 e. The van der Waals surface area contributed by atoms with Crippen LogP contribution in [0.5, 0.6) is 0 Å². The zero-order chi connectivity index (χ0) is 12.8. The molecule has 1 N–H and O–H groups in total. The average Bonchev–Trinajstić information content (AvgIpc) is 3.03. The smallest absolute Gasteiger partial charge is 0.00702 e. The molecular formula is C15H32N2.